The van der Waals surface area contributed by atoms with Gasteiger partial charge >= 0.3 is 0 Å². The quantitative estimate of drug-likeness (QED) is 0.680. The maximum atomic E-state index is 12.6. The molecular weight excluding hydrogens is 384 g/mol. The Kier molecular flexibility index (Phi) is 7.11. The van der Waals surface area contributed by atoms with E-state index in [1.807, 2.05) is 6.07 Å². The van der Waals surface area contributed by atoms with Crippen LogP contribution in [0.15, 0.2) is 41.0 Å². The summed E-state index contributed by atoms with van der Waals surface area (Å²) in [5.74, 6) is 0.423. The van der Waals surface area contributed by atoms with Crippen LogP contribution in [-0.2, 0) is 22.6 Å². The normalized spacial score (nSPS) is 20.9. The maximum absolute atomic E-state index is 12.6. The van der Waals surface area contributed by atoms with Crippen LogP contribution < -0.4 is 0 Å². The van der Waals surface area contributed by atoms with Gasteiger partial charge in [0, 0.05) is 46.3 Å². The first-order valence-corrected chi connectivity index (χ1v) is 10.6. The van der Waals surface area contributed by atoms with Crippen LogP contribution in [0.4, 0.5) is 0 Å². The van der Waals surface area contributed by atoms with E-state index in [0.29, 0.717) is 44.5 Å². The average Bonchev–Trinajstić information content (AvgIpc) is 3.24. The van der Waals surface area contributed by atoms with E-state index in [0.717, 1.165) is 32.7 Å². The number of hydrogen-bond donors (Lipinski definition) is 0. The Morgan fingerprint density at radius 2 is 1.83 bits per heavy atom. The molecule has 2 aliphatic heterocycles. The van der Waals surface area contributed by atoms with E-state index in [4.69, 9.17) is 13.9 Å². The number of carbonyl (C=O) groups is 1. The monoisotopic (exact) mass is 414 g/mol. The smallest absolute Gasteiger partial charge is 0.275 e. The van der Waals surface area contributed by atoms with E-state index in [-0.39, 0.29) is 12.0 Å². The highest BCUT2D eigenvalue weighted by Crippen LogP contribution is 2.13. The minimum Gasteiger partial charge on any atom is -0.447 e. The van der Waals surface area contributed by atoms with Crippen LogP contribution in [0, 0.1) is 0 Å². The lowest BCUT2D eigenvalue weighted by atomic mass is 10.2. The van der Waals surface area contributed by atoms with Crippen molar-refractivity contribution in [2.75, 3.05) is 59.6 Å². The number of nitrogens with zero attached hydrogens (tertiary/aromatic N) is 4. The molecule has 0 N–H and O–H groups in total. The van der Waals surface area contributed by atoms with E-state index < -0.39 is 0 Å². The number of rotatable bonds is 7. The minimum absolute atomic E-state index is 0.0914. The van der Waals surface area contributed by atoms with Gasteiger partial charge in [-0.1, -0.05) is 30.3 Å². The second-order valence-corrected chi connectivity index (χ2v) is 7.92. The molecule has 4 rings (SSSR count). The Morgan fingerprint density at radius 3 is 2.53 bits per heavy atom. The van der Waals surface area contributed by atoms with Gasteiger partial charge in [-0.15, -0.1) is 0 Å². The van der Waals surface area contributed by atoms with Gasteiger partial charge in [-0.05, 0) is 5.56 Å². The van der Waals surface area contributed by atoms with Gasteiger partial charge in [-0.25, -0.2) is 4.98 Å². The minimum atomic E-state index is -0.160. The van der Waals surface area contributed by atoms with E-state index in [9.17, 15) is 4.79 Å². The van der Waals surface area contributed by atoms with Gasteiger partial charge in [0.15, 0.2) is 5.69 Å². The van der Waals surface area contributed by atoms with Gasteiger partial charge in [0.25, 0.3) is 5.91 Å². The summed E-state index contributed by atoms with van der Waals surface area (Å²) in [5.41, 5.74) is 1.68. The van der Waals surface area contributed by atoms with Crippen molar-refractivity contribution >= 4 is 5.91 Å². The Bertz CT molecular complexity index is 798. The maximum Gasteiger partial charge on any atom is 0.275 e. The Labute approximate surface area is 177 Å². The number of piperazine rings is 1. The molecular formula is C22H30N4O4. The third-order valence-corrected chi connectivity index (χ3v) is 5.55. The summed E-state index contributed by atoms with van der Waals surface area (Å²) in [4.78, 5) is 23.4. The van der Waals surface area contributed by atoms with Crippen LogP contribution in [0.5, 0.6) is 0 Å². The van der Waals surface area contributed by atoms with E-state index in [1.54, 1.807) is 11.9 Å². The molecule has 0 saturated carbocycles. The topological polar surface area (TPSA) is 71.3 Å². The summed E-state index contributed by atoms with van der Waals surface area (Å²) in [6, 6.07) is 10.6. The van der Waals surface area contributed by atoms with Crippen LogP contribution in [0.3, 0.4) is 0 Å². The lowest BCUT2D eigenvalue weighted by molar-refractivity contribution is -0.0933. The zero-order valence-corrected chi connectivity index (χ0v) is 17.5. The first-order valence-electron chi connectivity index (χ1n) is 10.6. The van der Waals surface area contributed by atoms with Gasteiger partial charge in [-0.2, -0.15) is 0 Å². The first-order chi connectivity index (χ1) is 14.7. The molecule has 8 heteroatoms. The number of likely N-dealkylation sites (N-methyl/N-ethyl adjacent to an activating group) is 1. The Morgan fingerprint density at radius 1 is 1.10 bits per heavy atom. The summed E-state index contributed by atoms with van der Waals surface area (Å²) < 4.78 is 16.6. The molecule has 2 saturated heterocycles. The van der Waals surface area contributed by atoms with Crippen molar-refractivity contribution in [3.05, 3.63) is 53.7 Å². The molecule has 0 aliphatic carbocycles. The molecule has 1 amide bonds. The zero-order valence-electron chi connectivity index (χ0n) is 17.5. The van der Waals surface area contributed by atoms with E-state index in [2.05, 4.69) is 39.0 Å². The van der Waals surface area contributed by atoms with Crippen LogP contribution in [0.1, 0.15) is 21.9 Å². The second-order valence-electron chi connectivity index (χ2n) is 7.92. The van der Waals surface area contributed by atoms with Crippen molar-refractivity contribution in [2.45, 2.75) is 19.2 Å². The predicted octanol–water partition coefficient (Wildman–Crippen LogP) is 1.48. The fraction of sp³-hybridized carbons (Fsp3) is 0.545. The second kappa shape index (κ2) is 10.2. The Hall–Kier alpha value is -2.26. The third kappa shape index (κ3) is 5.66. The standard InChI is InChI=1S/C22H30N4O4/c1-24(14-19-16-28-11-12-29-19)22(27)20-17-30-21(23-20)15-26-9-7-25(8-10-26)13-18-5-3-2-4-6-18/h2-6,17,19H,7-16H2,1H3/t19-/m1/s1. The summed E-state index contributed by atoms with van der Waals surface area (Å²) in [6.45, 7) is 7.70. The van der Waals surface area contributed by atoms with Crippen molar-refractivity contribution < 1.29 is 18.7 Å². The number of carbonyl (C=O) groups excluding carboxylic acids is 1. The molecule has 1 aromatic heterocycles. The third-order valence-electron chi connectivity index (χ3n) is 5.55. The zero-order chi connectivity index (χ0) is 20.8. The number of aromatic nitrogens is 1. The molecule has 2 aromatic rings. The molecule has 162 valence electrons. The Balaban J connectivity index is 1.23. The van der Waals surface area contributed by atoms with E-state index in [1.165, 1.54) is 11.8 Å². The molecule has 30 heavy (non-hydrogen) atoms. The number of amides is 1. The van der Waals surface area contributed by atoms with Crippen molar-refractivity contribution in [2.24, 2.45) is 0 Å². The highest BCUT2D eigenvalue weighted by atomic mass is 16.6. The van der Waals surface area contributed by atoms with Crippen LogP contribution in [-0.4, -0.2) is 91.3 Å². The first kappa shape index (κ1) is 21.0. The number of benzene rings is 1. The predicted molar refractivity (Wildman–Crippen MR) is 111 cm³/mol. The summed E-state index contributed by atoms with van der Waals surface area (Å²) in [6.07, 6.45) is 1.36. The largest absolute Gasteiger partial charge is 0.447 e. The molecule has 0 spiro atoms. The summed E-state index contributed by atoms with van der Waals surface area (Å²) in [7, 11) is 1.75. The number of oxazole rings is 1. The van der Waals surface area contributed by atoms with Crippen molar-refractivity contribution in [3.63, 3.8) is 0 Å². The van der Waals surface area contributed by atoms with Gasteiger partial charge < -0.3 is 18.8 Å². The fourth-order valence-electron chi connectivity index (χ4n) is 3.85. The highest BCUT2D eigenvalue weighted by molar-refractivity contribution is 5.91. The van der Waals surface area contributed by atoms with Crippen LogP contribution in [0.25, 0.3) is 0 Å². The van der Waals surface area contributed by atoms with Gasteiger partial charge in [0.05, 0.1) is 32.5 Å². The number of hydrogen-bond acceptors (Lipinski definition) is 7. The van der Waals surface area contributed by atoms with E-state index >= 15 is 0 Å². The molecule has 1 atom stereocenters. The average molecular weight is 415 g/mol. The molecule has 8 nitrogen and oxygen atoms in total. The SMILES string of the molecule is CN(C[C@@H]1COCCO1)C(=O)c1coc(CN2CCN(Cc3ccccc3)CC2)n1. The molecule has 2 aliphatic rings. The highest BCUT2D eigenvalue weighted by Gasteiger charge is 2.23. The lowest BCUT2D eigenvalue weighted by Crippen LogP contribution is -2.45. The molecule has 0 unspecified atom stereocenters. The summed E-state index contributed by atoms with van der Waals surface area (Å²) >= 11 is 0. The molecule has 3 heterocycles. The molecule has 0 bridgehead atoms. The number of ether oxygens (including phenoxy) is 2. The van der Waals surface area contributed by atoms with Gasteiger partial charge in [-0.3, -0.25) is 14.6 Å². The van der Waals surface area contributed by atoms with Crippen LogP contribution >= 0.6 is 0 Å². The fourth-order valence-corrected chi connectivity index (χ4v) is 3.85. The van der Waals surface area contributed by atoms with Gasteiger partial charge in [0.2, 0.25) is 5.89 Å². The molecule has 1 aromatic carbocycles. The lowest BCUT2D eigenvalue weighted by Gasteiger charge is -2.34. The summed E-state index contributed by atoms with van der Waals surface area (Å²) in [5, 5.41) is 0. The van der Waals surface area contributed by atoms with Crippen molar-refractivity contribution in [3.8, 4) is 0 Å². The molecule has 2 fully saturated rings. The van der Waals surface area contributed by atoms with Gasteiger partial charge in [0.1, 0.15) is 6.26 Å². The van der Waals surface area contributed by atoms with Crippen molar-refractivity contribution in [1.29, 1.82) is 0 Å². The van der Waals surface area contributed by atoms with Crippen LogP contribution in [0.2, 0.25) is 0 Å². The molecule has 0 radical (unpaired) electrons. The van der Waals surface area contributed by atoms with Crippen molar-refractivity contribution in [1.82, 2.24) is 19.7 Å².